The maximum atomic E-state index is 12.2. The Balaban J connectivity index is 2.18. The van der Waals surface area contributed by atoms with Crippen molar-refractivity contribution >= 4 is 5.91 Å². The lowest BCUT2D eigenvalue weighted by atomic mass is 9.95. The zero-order chi connectivity index (χ0) is 14.5. The molecular weight excluding hydrogens is 254 g/mol. The lowest BCUT2D eigenvalue weighted by Gasteiger charge is -2.31. The molecule has 1 aromatic heterocycles. The molecule has 6 nitrogen and oxygen atoms in total. The van der Waals surface area contributed by atoms with E-state index in [1.54, 1.807) is 12.4 Å². The Hall–Kier alpha value is -2.07. The second-order valence-electron chi connectivity index (χ2n) is 5.50. The number of hydrogen-bond donors (Lipinski definition) is 0. The number of likely N-dealkylation sites (tertiary alicyclic amines) is 1. The van der Waals surface area contributed by atoms with Crippen LogP contribution in [-0.4, -0.2) is 28.9 Å². The Bertz CT molecular complexity index is 510. The van der Waals surface area contributed by atoms with E-state index in [-0.39, 0.29) is 17.9 Å². The summed E-state index contributed by atoms with van der Waals surface area (Å²) in [5, 5.41) is 3.59. The number of carbonyl (C=O) groups excluding carboxylic acids is 1. The van der Waals surface area contributed by atoms with Gasteiger partial charge in [0.25, 0.3) is 0 Å². The van der Waals surface area contributed by atoms with E-state index in [2.05, 4.69) is 28.9 Å². The van der Waals surface area contributed by atoms with Crippen molar-refractivity contribution in [2.24, 2.45) is 17.0 Å². The summed E-state index contributed by atoms with van der Waals surface area (Å²) in [5.74, 6) is 0.583. The van der Waals surface area contributed by atoms with Gasteiger partial charge in [-0.25, -0.2) is 0 Å². The average molecular weight is 273 g/mol. The van der Waals surface area contributed by atoms with E-state index >= 15 is 0 Å². The van der Waals surface area contributed by atoms with E-state index in [4.69, 9.17) is 5.53 Å². The topological polar surface area (TPSA) is 82.0 Å². The highest BCUT2D eigenvalue weighted by molar-refractivity contribution is 5.79. The van der Waals surface area contributed by atoms with Crippen molar-refractivity contribution in [1.82, 2.24) is 9.88 Å². The van der Waals surface area contributed by atoms with E-state index < -0.39 is 0 Å². The minimum absolute atomic E-state index is 0.0570. The van der Waals surface area contributed by atoms with E-state index in [1.165, 1.54) is 0 Å². The molecule has 2 unspecified atom stereocenters. The number of hydrogen-bond acceptors (Lipinski definition) is 3. The second-order valence-corrected chi connectivity index (χ2v) is 5.50. The first kappa shape index (κ1) is 14.3. The Labute approximate surface area is 118 Å². The van der Waals surface area contributed by atoms with Crippen LogP contribution < -0.4 is 0 Å². The Kier molecular flexibility index (Phi) is 4.58. The number of azide groups is 1. The van der Waals surface area contributed by atoms with Crippen LogP contribution in [0.5, 0.6) is 0 Å². The van der Waals surface area contributed by atoms with Gasteiger partial charge in [0.15, 0.2) is 0 Å². The van der Waals surface area contributed by atoms with Gasteiger partial charge in [0, 0.05) is 36.8 Å². The largest absolute Gasteiger partial charge is 0.335 e. The summed E-state index contributed by atoms with van der Waals surface area (Å²) in [7, 11) is 0. The third-order valence-electron chi connectivity index (χ3n) is 3.66. The maximum absolute atomic E-state index is 12.2. The zero-order valence-corrected chi connectivity index (χ0v) is 11.8. The smallest absolute Gasteiger partial charge is 0.223 e. The van der Waals surface area contributed by atoms with Crippen molar-refractivity contribution in [3.63, 3.8) is 0 Å². The summed E-state index contributed by atoms with van der Waals surface area (Å²) in [6, 6.07) is 3.97. The highest BCUT2D eigenvalue weighted by atomic mass is 16.2. The normalized spacial score (nSPS) is 20.1. The monoisotopic (exact) mass is 273 g/mol. The van der Waals surface area contributed by atoms with Crippen LogP contribution in [0, 0.1) is 11.8 Å². The number of rotatable bonds is 5. The fourth-order valence-corrected chi connectivity index (χ4v) is 2.84. The molecule has 6 heteroatoms. The van der Waals surface area contributed by atoms with Crippen LogP contribution >= 0.6 is 0 Å². The van der Waals surface area contributed by atoms with Gasteiger partial charge in [-0.2, -0.15) is 0 Å². The average Bonchev–Trinajstić information content (AvgIpc) is 2.79. The predicted molar refractivity (Wildman–Crippen MR) is 75.6 cm³/mol. The van der Waals surface area contributed by atoms with E-state index in [1.807, 2.05) is 17.0 Å². The van der Waals surface area contributed by atoms with Crippen molar-refractivity contribution in [2.75, 3.05) is 13.1 Å². The molecule has 0 bridgehead atoms. The molecule has 1 aliphatic rings. The first-order valence-corrected chi connectivity index (χ1v) is 6.83. The van der Waals surface area contributed by atoms with Crippen molar-refractivity contribution in [1.29, 1.82) is 0 Å². The van der Waals surface area contributed by atoms with Crippen molar-refractivity contribution < 1.29 is 4.79 Å². The van der Waals surface area contributed by atoms with E-state index in [9.17, 15) is 4.79 Å². The van der Waals surface area contributed by atoms with Gasteiger partial charge in [0.2, 0.25) is 5.91 Å². The van der Waals surface area contributed by atoms with Gasteiger partial charge in [-0.3, -0.25) is 9.78 Å². The molecule has 0 radical (unpaired) electrons. The summed E-state index contributed by atoms with van der Waals surface area (Å²) in [4.78, 5) is 21.0. The summed E-state index contributed by atoms with van der Waals surface area (Å²) in [5.41, 5.74) is 9.49. The van der Waals surface area contributed by atoms with Gasteiger partial charge in [0.05, 0.1) is 6.04 Å². The SMILES string of the molecule is CC(C)C(c1ccncc1)N1CC(CN=[N+]=[N-])CC1=O. The lowest BCUT2D eigenvalue weighted by molar-refractivity contribution is -0.130. The molecular formula is C14H19N5O. The highest BCUT2D eigenvalue weighted by Gasteiger charge is 2.35. The van der Waals surface area contributed by atoms with Gasteiger partial charge in [-0.15, -0.1) is 0 Å². The molecule has 2 atom stereocenters. The molecule has 2 rings (SSSR count). The molecule has 1 fully saturated rings. The fourth-order valence-electron chi connectivity index (χ4n) is 2.84. The van der Waals surface area contributed by atoms with E-state index in [0.717, 1.165) is 5.56 Å². The van der Waals surface area contributed by atoms with Gasteiger partial charge < -0.3 is 4.90 Å². The van der Waals surface area contributed by atoms with Crippen molar-refractivity contribution in [2.45, 2.75) is 26.3 Å². The molecule has 0 N–H and O–H groups in total. The van der Waals surface area contributed by atoms with Crippen LogP contribution in [0.2, 0.25) is 0 Å². The molecule has 2 heterocycles. The minimum atomic E-state index is 0.0570. The molecule has 20 heavy (non-hydrogen) atoms. The Morgan fingerprint density at radius 3 is 2.80 bits per heavy atom. The second kappa shape index (κ2) is 6.39. The standard InChI is InChI=1S/C14H19N5O/c1-10(2)14(12-3-5-16-6-4-12)19-9-11(7-13(19)20)8-17-18-15/h3-6,10-11,14H,7-9H2,1-2H3. The summed E-state index contributed by atoms with van der Waals surface area (Å²) in [6.07, 6.45) is 3.97. The highest BCUT2D eigenvalue weighted by Crippen LogP contribution is 2.33. The van der Waals surface area contributed by atoms with Gasteiger partial charge in [-0.1, -0.05) is 19.0 Å². The Morgan fingerprint density at radius 2 is 2.20 bits per heavy atom. The third kappa shape index (κ3) is 3.08. The van der Waals surface area contributed by atoms with Crippen LogP contribution in [0.4, 0.5) is 0 Å². The molecule has 0 saturated carbocycles. The summed E-state index contributed by atoms with van der Waals surface area (Å²) in [6.45, 7) is 5.27. The minimum Gasteiger partial charge on any atom is -0.335 e. The fraction of sp³-hybridized carbons (Fsp3) is 0.571. The number of aromatic nitrogens is 1. The predicted octanol–water partition coefficient (Wildman–Crippen LogP) is 2.94. The van der Waals surface area contributed by atoms with Gasteiger partial charge in [0.1, 0.15) is 0 Å². The molecule has 106 valence electrons. The van der Waals surface area contributed by atoms with Crippen LogP contribution in [0.25, 0.3) is 10.4 Å². The van der Waals surface area contributed by atoms with Crippen LogP contribution in [0.1, 0.15) is 31.9 Å². The Morgan fingerprint density at radius 1 is 1.50 bits per heavy atom. The number of nitrogens with zero attached hydrogens (tertiary/aromatic N) is 5. The first-order chi connectivity index (χ1) is 9.63. The van der Waals surface area contributed by atoms with Crippen LogP contribution in [0.15, 0.2) is 29.6 Å². The number of carbonyl (C=O) groups is 1. The molecule has 1 amide bonds. The lowest BCUT2D eigenvalue weighted by Crippen LogP contribution is -2.33. The summed E-state index contributed by atoms with van der Waals surface area (Å²) < 4.78 is 0. The zero-order valence-electron chi connectivity index (χ0n) is 11.8. The molecule has 0 spiro atoms. The molecule has 1 saturated heterocycles. The van der Waals surface area contributed by atoms with Crippen molar-refractivity contribution in [3.8, 4) is 0 Å². The van der Waals surface area contributed by atoms with Crippen LogP contribution in [-0.2, 0) is 4.79 Å². The van der Waals surface area contributed by atoms with Crippen LogP contribution in [0.3, 0.4) is 0 Å². The van der Waals surface area contributed by atoms with Gasteiger partial charge in [-0.05, 0) is 35.1 Å². The molecule has 0 aliphatic carbocycles. The summed E-state index contributed by atoms with van der Waals surface area (Å²) >= 11 is 0. The first-order valence-electron chi connectivity index (χ1n) is 6.83. The molecule has 1 aliphatic heterocycles. The molecule has 1 aromatic rings. The van der Waals surface area contributed by atoms with E-state index in [0.29, 0.717) is 25.4 Å². The number of pyridine rings is 1. The van der Waals surface area contributed by atoms with Crippen molar-refractivity contribution in [3.05, 3.63) is 40.5 Å². The molecule has 0 aromatic carbocycles. The quantitative estimate of drug-likeness (QED) is 0.469. The maximum Gasteiger partial charge on any atom is 0.223 e. The van der Waals surface area contributed by atoms with Gasteiger partial charge >= 0.3 is 0 Å². The third-order valence-corrected chi connectivity index (χ3v) is 3.66. The number of amides is 1.